The van der Waals surface area contributed by atoms with E-state index in [1.807, 2.05) is 18.2 Å². The molecular weight excluding hydrogens is 346 g/mol. The van der Waals surface area contributed by atoms with Crippen molar-refractivity contribution in [2.75, 3.05) is 5.32 Å². The van der Waals surface area contributed by atoms with Gasteiger partial charge in [0.05, 0.1) is 4.90 Å². The minimum atomic E-state index is -4.29. The normalized spacial score (nSPS) is 11.2. The third-order valence-electron chi connectivity index (χ3n) is 3.01. The van der Waals surface area contributed by atoms with Gasteiger partial charge in [0.15, 0.2) is 0 Å². The van der Waals surface area contributed by atoms with Gasteiger partial charge in [-0.05, 0) is 29.8 Å². The molecule has 0 saturated heterocycles. The Morgan fingerprint density at radius 2 is 1.64 bits per heavy atom. The Morgan fingerprint density at radius 1 is 1.00 bits per heavy atom. The molecule has 8 heteroatoms. The van der Waals surface area contributed by atoms with Crippen LogP contribution < -0.4 is 5.32 Å². The van der Waals surface area contributed by atoms with Crippen LogP contribution in [0.25, 0.3) is 0 Å². The Labute approximate surface area is 144 Å². The van der Waals surface area contributed by atoms with Gasteiger partial charge in [-0.3, -0.25) is 9.35 Å². The molecule has 0 heterocycles. The van der Waals surface area contributed by atoms with Gasteiger partial charge in [-0.2, -0.15) is 8.42 Å². The topological polar surface area (TPSA) is 110 Å². The van der Waals surface area contributed by atoms with Gasteiger partial charge in [0.25, 0.3) is 10.1 Å². The summed E-state index contributed by atoms with van der Waals surface area (Å²) in [6, 6.07) is 14.0. The van der Waals surface area contributed by atoms with Crippen LogP contribution in [0.15, 0.2) is 71.6 Å². The highest BCUT2D eigenvalue weighted by Gasteiger charge is 2.09. The van der Waals surface area contributed by atoms with Crippen LogP contribution >= 0.6 is 0 Å². The third-order valence-corrected chi connectivity index (χ3v) is 3.88. The summed E-state index contributed by atoms with van der Waals surface area (Å²) in [5.74, 6) is -1.25. The van der Waals surface area contributed by atoms with E-state index in [-0.39, 0.29) is 11.5 Å². The zero-order valence-corrected chi connectivity index (χ0v) is 13.8. The predicted octanol–water partition coefficient (Wildman–Crippen LogP) is 2.17. The van der Waals surface area contributed by atoms with Crippen LogP contribution in [0.3, 0.4) is 0 Å². The summed E-state index contributed by atoms with van der Waals surface area (Å²) in [6.07, 6.45) is 1.99. The minimum Gasteiger partial charge on any atom is -0.458 e. The van der Waals surface area contributed by atoms with Crippen molar-refractivity contribution in [3.05, 3.63) is 72.3 Å². The molecule has 2 aromatic rings. The van der Waals surface area contributed by atoms with Gasteiger partial charge in [-0.25, -0.2) is 4.79 Å². The smallest absolute Gasteiger partial charge is 0.331 e. The van der Waals surface area contributed by atoms with E-state index in [0.717, 1.165) is 29.8 Å². The van der Waals surface area contributed by atoms with Gasteiger partial charge in [-0.1, -0.05) is 30.3 Å². The van der Waals surface area contributed by atoms with Crippen LogP contribution in [-0.4, -0.2) is 24.8 Å². The molecule has 0 radical (unpaired) electrons. The summed E-state index contributed by atoms with van der Waals surface area (Å²) in [7, 11) is -4.29. The van der Waals surface area contributed by atoms with Gasteiger partial charge >= 0.3 is 5.97 Å². The molecule has 0 spiro atoms. The Kier molecular flexibility index (Phi) is 6.04. The number of hydrogen-bond donors (Lipinski definition) is 2. The Hall–Kier alpha value is -2.97. The quantitative estimate of drug-likeness (QED) is 0.464. The van der Waals surface area contributed by atoms with E-state index in [9.17, 15) is 18.0 Å². The molecule has 1 amide bonds. The summed E-state index contributed by atoms with van der Waals surface area (Å²) >= 11 is 0. The fraction of sp³-hybridized carbons (Fsp3) is 0.0588. The molecule has 0 aliphatic rings. The number of carbonyl (C=O) groups excluding carboxylic acids is 2. The minimum absolute atomic E-state index is 0.0999. The molecule has 25 heavy (non-hydrogen) atoms. The first kappa shape index (κ1) is 18.4. The Morgan fingerprint density at radius 3 is 2.24 bits per heavy atom. The van der Waals surface area contributed by atoms with Gasteiger partial charge in [0.1, 0.15) is 6.61 Å². The van der Waals surface area contributed by atoms with Crippen molar-refractivity contribution in [2.24, 2.45) is 0 Å². The molecular formula is C17H15NO6S. The van der Waals surface area contributed by atoms with Crippen LogP contribution in [0.1, 0.15) is 5.56 Å². The van der Waals surface area contributed by atoms with Crippen LogP contribution in [0.2, 0.25) is 0 Å². The zero-order valence-electron chi connectivity index (χ0n) is 13.0. The third kappa shape index (κ3) is 6.21. The molecule has 0 atom stereocenters. The van der Waals surface area contributed by atoms with Crippen molar-refractivity contribution in [1.82, 2.24) is 0 Å². The number of carbonyl (C=O) groups is 2. The standard InChI is InChI=1S/C17H15NO6S/c19-16(18-14-6-8-15(9-7-14)25(21,22)23)10-11-17(20)24-12-13-4-2-1-3-5-13/h1-11H,12H2,(H,18,19)(H,21,22,23)/b11-10-. The lowest BCUT2D eigenvalue weighted by Gasteiger charge is -2.03. The van der Waals surface area contributed by atoms with E-state index in [4.69, 9.17) is 9.29 Å². The zero-order chi connectivity index (χ0) is 18.3. The van der Waals surface area contributed by atoms with Crippen molar-refractivity contribution in [2.45, 2.75) is 11.5 Å². The SMILES string of the molecule is O=C(/C=C\C(=O)OCc1ccccc1)Nc1ccc(S(=O)(=O)O)cc1. The molecule has 2 rings (SSSR count). The molecule has 0 aromatic heterocycles. The number of benzene rings is 2. The van der Waals surface area contributed by atoms with Crippen molar-refractivity contribution >= 4 is 27.7 Å². The van der Waals surface area contributed by atoms with E-state index in [1.54, 1.807) is 12.1 Å². The largest absolute Gasteiger partial charge is 0.458 e. The molecule has 0 saturated carbocycles. The molecule has 0 unspecified atom stereocenters. The Balaban J connectivity index is 1.84. The van der Waals surface area contributed by atoms with Crippen molar-refractivity contribution < 1.29 is 27.3 Å². The number of esters is 1. The number of rotatable bonds is 6. The van der Waals surface area contributed by atoms with E-state index in [2.05, 4.69) is 5.32 Å². The van der Waals surface area contributed by atoms with Crippen LogP contribution in [0, 0.1) is 0 Å². The van der Waals surface area contributed by atoms with Gasteiger partial charge in [-0.15, -0.1) is 0 Å². The van der Waals surface area contributed by atoms with Crippen LogP contribution in [0.5, 0.6) is 0 Å². The first-order valence-electron chi connectivity index (χ1n) is 7.12. The molecule has 2 N–H and O–H groups in total. The van der Waals surface area contributed by atoms with E-state index in [0.29, 0.717) is 5.69 Å². The van der Waals surface area contributed by atoms with E-state index < -0.39 is 22.0 Å². The van der Waals surface area contributed by atoms with E-state index >= 15 is 0 Å². The van der Waals surface area contributed by atoms with Gasteiger partial charge in [0.2, 0.25) is 5.91 Å². The second-order valence-electron chi connectivity index (χ2n) is 4.92. The van der Waals surface area contributed by atoms with Crippen molar-refractivity contribution in [3.63, 3.8) is 0 Å². The number of hydrogen-bond acceptors (Lipinski definition) is 5. The lowest BCUT2D eigenvalue weighted by Crippen LogP contribution is -2.09. The molecule has 2 aromatic carbocycles. The summed E-state index contributed by atoms with van der Waals surface area (Å²) in [6.45, 7) is 0.0999. The molecule has 0 aliphatic heterocycles. The fourth-order valence-electron chi connectivity index (χ4n) is 1.81. The summed E-state index contributed by atoms with van der Waals surface area (Å²) in [5, 5.41) is 2.44. The van der Waals surface area contributed by atoms with Gasteiger partial charge < -0.3 is 10.1 Å². The first-order valence-corrected chi connectivity index (χ1v) is 8.56. The van der Waals surface area contributed by atoms with E-state index in [1.165, 1.54) is 12.1 Å². The Bertz CT molecular complexity index is 873. The lowest BCUT2D eigenvalue weighted by molar-refractivity contribution is -0.139. The predicted molar refractivity (Wildman–Crippen MR) is 90.3 cm³/mol. The summed E-state index contributed by atoms with van der Waals surface area (Å²) in [5.41, 5.74) is 1.13. The second-order valence-corrected chi connectivity index (χ2v) is 6.34. The average Bonchev–Trinajstić information content (AvgIpc) is 2.59. The van der Waals surface area contributed by atoms with Crippen LogP contribution in [0.4, 0.5) is 5.69 Å². The molecule has 0 aliphatic carbocycles. The highest BCUT2D eigenvalue weighted by atomic mass is 32.2. The number of amides is 1. The monoisotopic (exact) mass is 361 g/mol. The fourth-order valence-corrected chi connectivity index (χ4v) is 2.29. The van der Waals surface area contributed by atoms with Crippen LogP contribution in [-0.2, 0) is 31.1 Å². The highest BCUT2D eigenvalue weighted by Crippen LogP contribution is 2.13. The summed E-state index contributed by atoms with van der Waals surface area (Å²) in [4.78, 5) is 23.0. The average molecular weight is 361 g/mol. The molecule has 130 valence electrons. The van der Waals surface area contributed by atoms with Crippen molar-refractivity contribution in [3.8, 4) is 0 Å². The summed E-state index contributed by atoms with van der Waals surface area (Å²) < 4.78 is 35.7. The van der Waals surface area contributed by atoms with Crippen molar-refractivity contribution in [1.29, 1.82) is 0 Å². The maximum atomic E-state index is 11.7. The number of ether oxygens (including phenoxy) is 1. The maximum absolute atomic E-state index is 11.7. The first-order chi connectivity index (χ1) is 11.8. The molecule has 7 nitrogen and oxygen atoms in total. The molecule has 0 fully saturated rings. The highest BCUT2D eigenvalue weighted by molar-refractivity contribution is 7.85. The maximum Gasteiger partial charge on any atom is 0.331 e. The molecule has 0 bridgehead atoms. The number of anilines is 1. The lowest BCUT2D eigenvalue weighted by atomic mass is 10.2. The van der Waals surface area contributed by atoms with Gasteiger partial charge in [0, 0.05) is 17.8 Å². The number of nitrogens with one attached hydrogen (secondary N) is 1. The second kappa shape index (κ2) is 8.22.